The number of anilines is 2. The van der Waals surface area contributed by atoms with Crippen LogP contribution < -0.4 is 10.2 Å². The number of carbonyl (C=O) groups excluding carboxylic acids is 2. The first-order valence-electron chi connectivity index (χ1n) is 8.43. The van der Waals surface area contributed by atoms with Crippen LogP contribution in [0.1, 0.15) is 6.42 Å². The Morgan fingerprint density at radius 2 is 2.04 bits per heavy atom. The summed E-state index contributed by atoms with van der Waals surface area (Å²) < 4.78 is 1.63. The van der Waals surface area contributed by atoms with Crippen molar-refractivity contribution in [3.63, 3.8) is 0 Å². The number of rotatable bonds is 4. The van der Waals surface area contributed by atoms with Crippen LogP contribution in [0.2, 0.25) is 5.02 Å². The van der Waals surface area contributed by atoms with Crippen LogP contribution in [0.5, 0.6) is 0 Å². The third kappa shape index (κ3) is 3.54. The fraction of sp³-hybridized carbons (Fsp3) is 0.158. The second-order valence-corrected chi connectivity index (χ2v) is 6.61. The Labute approximate surface area is 160 Å². The molecule has 1 saturated heterocycles. The number of carbonyl (C=O) groups is 2. The minimum atomic E-state index is -0.445. The molecule has 27 heavy (non-hydrogen) atoms. The van der Waals surface area contributed by atoms with Gasteiger partial charge in [-0.15, -0.1) is 0 Å². The zero-order valence-corrected chi connectivity index (χ0v) is 15.0. The molecule has 4 rings (SSSR count). The fourth-order valence-corrected chi connectivity index (χ4v) is 3.27. The third-order valence-corrected chi connectivity index (χ3v) is 4.71. The van der Waals surface area contributed by atoms with Crippen molar-refractivity contribution in [2.24, 2.45) is 5.92 Å². The van der Waals surface area contributed by atoms with Crippen LogP contribution in [-0.4, -0.2) is 33.1 Å². The number of halogens is 1. The summed E-state index contributed by atoms with van der Waals surface area (Å²) in [6.45, 7) is 0.299. The number of benzene rings is 1. The summed E-state index contributed by atoms with van der Waals surface area (Å²) in [6.07, 6.45) is 5.17. The molecule has 0 bridgehead atoms. The molecular weight excluding hydrogens is 366 g/mol. The van der Waals surface area contributed by atoms with Crippen molar-refractivity contribution < 1.29 is 9.59 Å². The van der Waals surface area contributed by atoms with Crippen molar-refractivity contribution in [1.29, 1.82) is 0 Å². The summed E-state index contributed by atoms with van der Waals surface area (Å²) in [5.74, 6) is -0.125. The number of pyridine rings is 1. The van der Waals surface area contributed by atoms with Gasteiger partial charge < -0.3 is 10.2 Å². The average Bonchev–Trinajstić information content (AvgIpc) is 3.33. The topological polar surface area (TPSA) is 80.1 Å². The molecule has 0 radical (unpaired) electrons. The van der Waals surface area contributed by atoms with E-state index < -0.39 is 5.92 Å². The molecule has 0 aliphatic carbocycles. The lowest BCUT2D eigenvalue weighted by molar-refractivity contribution is -0.122. The number of para-hydroxylation sites is 1. The predicted octanol–water partition coefficient (Wildman–Crippen LogP) is 2.91. The fourth-order valence-electron chi connectivity index (χ4n) is 3.03. The molecule has 1 N–H and O–H groups in total. The zero-order valence-electron chi connectivity index (χ0n) is 14.2. The van der Waals surface area contributed by atoms with Gasteiger partial charge in [-0.05, 0) is 30.3 Å². The van der Waals surface area contributed by atoms with Crippen LogP contribution in [0.25, 0.3) is 5.82 Å². The van der Waals surface area contributed by atoms with Crippen LogP contribution >= 0.6 is 11.6 Å². The number of nitrogens with zero attached hydrogens (tertiary/aromatic N) is 4. The van der Waals surface area contributed by atoms with Crippen molar-refractivity contribution in [2.75, 3.05) is 16.8 Å². The van der Waals surface area contributed by atoms with Crippen LogP contribution in [0, 0.1) is 5.92 Å². The number of amides is 2. The minimum absolute atomic E-state index is 0.115. The molecule has 1 aliphatic heterocycles. The molecule has 0 saturated carbocycles. The van der Waals surface area contributed by atoms with Crippen LogP contribution in [0.3, 0.4) is 0 Å². The van der Waals surface area contributed by atoms with E-state index in [9.17, 15) is 9.59 Å². The molecule has 1 aromatic carbocycles. The SMILES string of the molecule is O=C(Nc1ccc(-n2cccn2)nc1)C1CC(=O)N(c2ccccc2Cl)C1. The molecule has 136 valence electrons. The predicted molar refractivity (Wildman–Crippen MR) is 102 cm³/mol. The molecule has 7 nitrogen and oxygen atoms in total. The summed E-state index contributed by atoms with van der Waals surface area (Å²) in [4.78, 5) is 30.7. The van der Waals surface area contributed by atoms with Crippen molar-refractivity contribution in [3.05, 3.63) is 66.1 Å². The number of nitrogens with one attached hydrogen (secondary N) is 1. The van der Waals surface area contributed by atoms with Crippen LogP contribution in [-0.2, 0) is 9.59 Å². The smallest absolute Gasteiger partial charge is 0.229 e. The highest BCUT2D eigenvalue weighted by Gasteiger charge is 2.35. The standard InChI is InChI=1S/C19H16ClN5O2/c20-15-4-1-2-5-16(15)24-12-13(10-18(24)26)19(27)23-14-6-7-17(21-11-14)25-9-3-8-22-25/h1-9,11,13H,10,12H2,(H,23,27). The first-order chi connectivity index (χ1) is 13.1. The van der Waals surface area contributed by atoms with Gasteiger partial charge in [-0.2, -0.15) is 5.10 Å². The average molecular weight is 382 g/mol. The van der Waals surface area contributed by atoms with E-state index in [-0.39, 0.29) is 18.2 Å². The third-order valence-electron chi connectivity index (χ3n) is 4.39. The first-order valence-corrected chi connectivity index (χ1v) is 8.81. The summed E-state index contributed by atoms with van der Waals surface area (Å²) in [7, 11) is 0. The van der Waals surface area contributed by atoms with E-state index in [1.807, 2.05) is 6.07 Å². The van der Waals surface area contributed by atoms with E-state index >= 15 is 0 Å². The molecule has 0 spiro atoms. The molecule has 1 aliphatic rings. The largest absolute Gasteiger partial charge is 0.324 e. The molecule has 2 aromatic heterocycles. The van der Waals surface area contributed by atoms with Crippen molar-refractivity contribution in [3.8, 4) is 5.82 Å². The summed E-state index contributed by atoms with van der Waals surface area (Å²) in [5.41, 5.74) is 1.20. The molecular formula is C19H16ClN5O2. The van der Waals surface area contributed by atoms with Gasteiger partial charge in [0.05, 0.1) is 28.5 Å². The second kappa shape index (κ2) is 7.20. The maximum absolute atomic E-state index is 12.6. The lowest BCUT2D eigenvalue weighted by atomic mass is 10.1. The van der Waals surface area contributed by atoms with E-state index in [2.05, 4.69) is 15.4 Å². The van der Waals surface area contributed by atoms with Crippen LogP contribution in [0.15, 0.2) is 61.1 Å². The minimum Gasteiger partial charge on any atom is -0.324 e. The highest BCUT2D eigenvalue weighted by atomic mass is 35.5. The second-order valence-electron chi connectivity index (χ2n) is 6.20. The van der Waals surface area contributed by atoms with Gasteiger partial charge in [-0.3, -0.25) is 9.59 Å². The molecule has 1 atom stereocenters. The maximum atomic E-state index is 12.6. The van der Waals surface area contributed by atoms with E-state index in [1.54, 1.807) is 64.6 Å². The summed E-state index contributed by atoms with van der Waals surface area (Å²) >= 11 is 6.17. The Balaban J connectivity index is 1.43. The van der Waals surface area contributed by atoms with Gasteiger partial charge in [0.15, 0.2) is 5.82 Å². The van der Waals surface area contributed by atoms with Gasteiger partial charge in [0.25, 0.3) is 0 Å². The molecule has 1 unspecified atom stereocenters. The molecule has 8 heteroatoms. The maximum Gasteiger partial charge on any atom is 0.229 e. The highest BCUT2D eigenvalue weighted by Crippen LogP contribution is 2.31. The zero-order chi connectivity index (χ0) is 18.8. The normalized spacial score (nSPS) is 16.6. The van der Waals surface area contributed by atoms with Gasteiger partial charge in [-0.25, -0.2) is 9.67 Å². The van der Waals surface area contributed by atoms with Crippen molar-refractivity contribution in [2.45, 2.75) is 6.42 Å². The van der Waals surface area contributed by atoms with Gasteiger partial charge in [0.2, 0.25) is 11.8 Å². The lowest BCUT2D eigenvalue weighted by Gasteiger charge is -2.18. The Kier molecular flexibility index (Phi) is 4.60. The first kappa shape index (κ1) is 17.2. The molecule has 2 amide bonds. The van der Waals surface area contributed by atoms with Crippen molar-refractivity contribution >= 4 is 34.8 Å². The highest BCUT2D eigenvalue weighted by molar-refractivity contribution is 6.33. The number of hydrogen-bond acceptors (Lipinski definition) is 4. The van der Waals surface area contributed by atoms with E-state index in [0.717, 1.165) is 0 Å². The van der Waals surface area contributed by atoms with E-state index in [4.69, 9.17) is 11.6 Å². The summed E-state index contributed by atoms with van der Waals surface area (Å²) in [6, 6.07) is 12.4. The monoisotopic (exact) mass is 381 g/mol. The van der Waals surface area contributed by atoms with E-state index in [1.165, 1.54) is 0 Å². The Hall–Kier alpha value is -3.19. The van der Waals surface area contributed by atoms with Gasteiger partial charge in [0.1, 0.15) is 0 Å². The number of hydrogen-bond donors (Lipinski definition) is 1. The van der Waals surface area contributed by atoms with Gasteiger partial charge >= 0.3 is 0 Å². The molecule has 3 aromatic rings. The quantitative estimate of drug-likeness (QED) is 0.753. The Bertz CT molecular complexity index is 972. The summed E-state index contributed by atoms with van der Waals surface area (Å²) in [5, 5.41) is 7.42. The van der Waals surface area contributed by atoms with E-state index in [0.29, 0.717) is 28.8 Å². The molecule has 1 fully saturated rings. The number of aromatic nitrogens is 3. The van der Waals surface area contributed by atoms with Crippen molar-refractivity contribution in [1.82, 2.24) is 14.8 Å². The van der Waals surface area contributed by atoms with Crippen LogP contribution in [0.4, 0.5) is 11.4 Å². The Morgan fingerprint density at radius 1 is 1.19 bits per heavy atom. The Morgan fingerprint density at radius 3 is 2.74 bits per heavy atom. The lowest BCUT2D eigenvalue weighted by Crippen LogP contribution is -2.28. The van der Waals surface area contributed by atoms with Gasteiger partial charge in [-0.1, -0.05) is 23.7 Å². The van der Waals surface area contributed by atoms with Gasteiger partial charge in [0, 0.05) is 25.4 Å². The molecule has 3 heterocycles.